The first-order valence-corrected chi connectivity index (χ1v) is 9.60. The normalized spacial score (nSPS) is 11.7. The fourth-order valence-electron chi connectivity index (χ4n) is 3.29. The lowest BCUT2D eigenvalue weighted by molar-refractivity contribution is 0.106. The standard InChI is InChI=1S/C26H20N2O2/c1-30-24-17-16-19-10-8-9-15-22(19)23(24)18-27-28-25(20-11-4-2-5-12-20)26(29)21-13-6-3-7-14-21/h2-18H,1H3. The number of carbonyl (C=O) groups is 1. The van der Waals surface area contributed by atoms with Crippen LogP contribution in [0.5, 0.6) is 5.75 Å². The van der Waals surface area contributed by atoms with Crippen LogP contribution < -0.4 is 4.74 Å². The second-order valence-corrected chi connectivity index (χ2v) is 6.66. The van der Waals surface area contributed by atoms with Crippen LogP contribution in [0.25, 0.3) is 10.8 Å². The van der Waals surface area contributed by atoms with Crippen molar-refractivity contribution in [2.75, 3.05) is 7.11 Å². The number of benzene rings is 4. The molecule has 0 atom stereocenters. The smallest absolute Gasteiger partial charge is 0.213 e. The Kier molecular flexibility index (Phi) is 5.76. The van der Waals surface area contributed by atoms with Crippen LogP contribution in [0.15, 0.2) is 107 Å². The van der Waals surface area contributed by atoms with Crippen LogP contribution in [0.1, 0.15) is 21.5 Å². The van der Waals surface area contributed by atoms with E-state index in [1.54, 1.807) is 25.5 Å². The lowest BCUT2D eigenvalue weighted by atomic mass is 10.0. The highest BCUT2D eigenvalue weighted by atomic mass is 16.5. The molecule has 0 unspecified atom stereocenters. The van der Waals surface area contributed by atoms with E-state index in [4.69, 9.17) is 4.74 Å². The maximum Gasteiger partial charge on any atom is 0.213 e. The molecule has 4 aromatic rings. The minimum atomic E-state index is -0.177. The molecule has 30 heavy (non-hydrogen) atoms. The minimum absolute atomic E-state index is 0.177. The number of fused-ring (bicyclic) bond motifs is 1. The van der Waals surface area contributed by atoms with Crippen molar-refractivity contribution >= 4 is 28.5 Å². The Balaban J connectivity index is 1.78. The molecule has 0 saturated carbocycles. The zero-order valence-corrected chi connectivity index (χ0v) is 16.5. The monoisotopic (exact) mass is 392 g/mol. The average Bonchev–Trinajstić information content (AvgIpc) is 2.82. The molecule has 0 N–H and O–H groups in total. The summed E-state index contributed by atoms with van der Waals surface area (Å²) in [6.45, 7) is 0. The third kappa shape index (κ3) is 4.03. The summed E-state index contributed by atoms with van der Waals surface area (Å²) in [6.07, 6.45) is 1.64. The van der Waals surface area contributed by atoms with Gasteiger partial charge in [-0.2, -0.15) is 5.10 Å². The molecule has 4 nitrogen and oxygen atoms in total. The van der Waals surface area contributed by atoms with Gasteiger partial charge >= 0.3 is 0 Å². The summed E-state index contributed by atoms with van der Waals surface area (Å²) in [5.74, 6) is 0.520. The largest absolute Gasteiger partial charge is 0.496 e. The fourth-order valence-corrected chi connectivity index (χ4v) is 3.29. The van der Waals surface area contributed by atoms with Gasteiger partial charge in [0, 0.05) is 16.7 Å². The second-order valence-electron chi connectivity index (χ2n) is 6.66. The highest BCUT2D eigenvalue weighted by molar-refractivity contribution is 6.51. The van der Waals surface area contributed by atoms with Crippen LogP contribution >= 0.6 is 0 Å². The molecule has 0 aliphatic carbocycles. The van der Waals surface area contributed by atoms with Crippen molar-refractivity contribution in [3.05, 3.63) is 114 Å². The highest BCUT2D eigenvalue weighted by Crippen LogP contribution is 2.26. The maximum absolute atomic E-state index is 13.1. The van der Waals surface area contributed by atoms with Crippen molar-refractivity contribution in [3.8, 4) is 5.75 Å². The number of ether oxygens (including phenoxy) is 1. The van der Waals surface area contributed by atoms with E-state index in [1.807, 2.05) is 84.9 Å². The summed E-state index contributed by atoms with van der Waals surface area (Å²) in [5.41, 5.74) is 2.39. The number of nitrogens with zero attached hydrogens (tertiary/aromatic N) is 2. The first-order valence-electron chi connectivity index (χ1n) is 9.60. The summed E-state index contributed by atoms with van der Waals surface area (Å²) in [6, 6.07) is 30.4. The lowest BCUT2D eigenvalue weighted by Gasteiger charge is -2.08. The molecule has 4 heteroatoms. The fraction of sp³-hybridized carbons (Fsp3) is 0.0385. The van der Waals surface area contributed by atoms with Crippen molar-refractivity contribution < 1.29 is 9.53 Å². The van der Waals surface area contributed by atoms with E-state index >= 15 is 0 Å². The molecule has 0 radical (unpaired) electrons. The molecule has 146 valence electrons. The lowest BCUT2D eigenvalue weighted by Crippen LogP contribution is -2.15. The third-order valence-electron chi connectivity index (χ3n) is 4.79. The van der Waals surface area contributed by atoms with E-state index in [-0.39, 0.29) is 11.5 Å². The van der Waals surface area contributed by atoms with Gasteiger partial charge in [0.05, 0.1) is 13.3 Å². The van der Waals surface area contributed by atoms with Gasteiger partial charge in [-0.15, -0.1) is 5.10 Å². The molecule has 0 heterocycles. The number of methoxy groups -OCH3 is 1. The van der Waals surface area contributed by atoms with Gasteiger partial charge in [0.25, 0.3) is 0 Å². The first-order chi connectivity index (χ1) is 14.8. The van der Waals surface area contributed by atoms with E-state index < -0.39 is 0 Å². The maximum atomic E-state index is 13.1. The molecule has 0 saturated heterocycles. The molecule has 0 aliphatic heterocycles. The molecule has 0 fully saturated rings. The second kappa shape index (κ2) is 8.97. The predicted molar refractivity (Wildman–Crippen MR) is 122 cm³/mol. The van der Waals surface area contributed by atoms with Crippen molar-refractivity contribution in [3.63, 3.8) is 0 Å². The molecular formula is C26H20N2O2. The molecule has 0 aliphatic rings. The zero-order valence-electron chi connectivity index (χ0n) is 16.5. The summed E-state index contributed by atoms with van der Waals surface area (Å²) in [7, 11) is 1.62. The van der Waals surface area contributed by atoms with Crippen LogP contribution in [0, 0.1) is 0 Å². The summed E-state index contributed by atoms with van der Waals surface area (Å²) in [4.78, 5) is 13.1. The number of ketones is 1. The summed E-state index contributed by atoms with van der Waals surface area (Å²) >= 11 is 0. The topological polar surface area (TPSA) is 51.0 Å². The Hall–Kier alpha value is -4.05. The molecule has 4 rings (SSSR count). The van der Waals surface area contributed by atoms with Crippen LogP contribution in [-0.2, 0) is 0 Å². The van der Waals surface area contributed by atoms with Gasteiger partial charge in [0.1, 0.15) is 11.5 Å². The number of hydrogen-bond acceptors (Lipinski definition) is 4. The molecular weight excluding hydrogens is 372 g/mol. The quantitative estimate of drug-likeness (QED) is 0.245. The van der Waals surface area contributed by atoms with Gasteiger partial charge in [-0.25, -0.2) is 0 Å². The summed E-state index contributed by atoms with van der Waals surface area (Å²) < 4.78 is 5.51. The van der Waals surface area contributed by atoms with Crippen LogP contribution in [0.2, 0.25) is 0 Å². The van der Waals surface area contributed by atoms with Crippen LogP contribution in [-0.4, -0.2) is 24.8 Å². The number of rotatable bonds is 6. The van der Waals surface area contributed by atoms with Crippen LogP contribution in [0.3, 0.4) is 0 Å². The minimum Gasteiger partial charge on any atom is -0.496 e. The van der Waals surface area contributed by atoms with Crippen molar-refractivity contribution in [2.24, 2.45) is 10.2 Å². The molecule has 0 aromatic heterocycles. The van der Waals surface area contributed by atoms with E-state index in [0.717, 1.165) is 16.3 Å². The third-order valence-corrected chi connectivity index (χ3v) is 4.79. The van der Waals surface area contributed by atoms with Crippen molar-refractivity contribution in [1.29, 1.82) is 0 Å². The van der Waals surface area contributed by atoms with Gasteiger partial charge in [0.2, 0.25) is 5.78 Å². The SMILES string of the molecule is COc1ccc2ccccc2c1C=NN=C(C(=O)c1ccccc1)c1ccccc1. The van der Waals surface area contributed by atoms with Gasteiger partial charge in [-0.05, 0) is 16.8 Å². The van der Waals surface area contributed by atoms with Gasteiger partial charge in [-0.1, -0.05) is 91.0 Å². The average molecular weight is 392 g/mol. The number of carbonyl (C=O) groups excluding carboxylic acids is 1. The number of Topliss-reactive ketones (excluding diaryl/α,β-unsaturated/α-hetero) is 1. The van der Waals surface area contributed by atoms with Gasteiger partial charge < -0.3 is 4.74 Å². The van der Waals surface area contributed by atoms with Gasteiger partial charge in [0.15, 0.2) is 0 Å². The first kappa shape index (κ1) is 19.3. The summed E-state index contributed by atoms with van der Waals surface area (Å²) in [5, 5.41) is 10.7. The molecule has 4 aromatic carbocycles. The van der Waals surface area contributed by atoms with E-state index in [2.05, 4.69) is 10.2 Å². The molecule has 0 bridgehead atoms. The highest BCUT2D eigenvalue weighted by Gasteiger charge is 2.16. The zero-order chi connectivity index (χ0) is 20.8. The van der Waals surface area contributed by atoms with E-state index in [0.29, 0.717) is 16.9 Å². The Labute approximate surface area is 175 Å². The Bertz CT molecular complexity index is 1230. The van der Waals surface area contributed by atoms with Crippen molar-refractivity contribution in [1.82, 2.24) is 0 Å². The Morgan fingerprint density at radius 3 is 2.10 bits per heavy atom. The van der Waals surface area contributed by atoms with E-state index in [1.165, 1.54) is 0 Å². The predicted octanol–water partition coefficient (Wildman–Crippen LogP) is 5.55. The molecule has 0 amide bonds. The van der Waals surface area contributed by atoms with Crippen LogP contribution in [0.4, 0.5) is 0 Å². The Morgan fingerprint density at radius 1 is 0.767 bits per heavy atom. The number of hydrogen-bond donors (Lipinski definition) is 0. The Morgan fingerprint density at radius 2 is 1.40 bits per heavy atom. The van der Waals surface area contributed by atoms with Gasteiger partial charge in [-0.3, -0.25) is 4.79 Å². The molecule has 0 spiro atoms. The van der Waals surface area contributed by atoms with Crippen molar-refractivity contribution in [2.45, 2.75) is 0 Å². The van der Waals surface area contributed by atoms with E-state index in [9.17, 15) is 4.79 Å².